The molecule has 4 nitrogen and oxygen atoms in total. The number of carbonyl (C=O) groups excluding carboxylic acids is 1. The molecule has 1 heterocycles. The summed E-state index contributed by atoms with van der Waals surface area (Å²) in [5, 5.41) is 3.24. The predicted octanol–water partition coefficient (Wildman–Crippen LogP) is 1.92. The standard InChI is InChI=1S/C13H18N2O2/c1-10(2)6-7-14-9-12-5-4-11(8-15-12)13(16)17-3/h4-6,8,14H,7,9H2,1-3H3. The molecule has 0 fully saturated rings. The summed E-state index contributed by atoms with van der Waals surface area (Å²) >= 11 is 0. The van der Waals surface area contributed by atoms with Gasteiger partial charge in [-0.2, -0.15) is 0 Å². The lowest BCUT2D eigenvalue weighted by Crippen LogP contribution is -2.14. The second-order valence-electron chi connectivity index (χ2n) is 3.94. The lowest BCUT2D eigenvalue weighted by molar-refractivity contribution is 0.0600. The van der Waals surface area contributed by atoms with Gasteiger partial charge in [-0.1, -0.05) is 11.6 Å². The van der Waals surface area contributed by atoms with Gasteiger partial charge in [0.05, 0.1) is 18.4 Å². The topological polar surface area (TPSA) is 51.2 Å². The van der Waals surface area contributed by atoms with Crippen LogP contribution in [0.4, 0.5) is 0 Å². The van der Waals surface area contributed by atoms with Crippen LogP contribution in [0.3, 0.4) is 0 Å². The van der Waals surface area contributed by atoms with E-state index in [0.29, 0.717) is 12.1 Å². The zero-order valence-corrected chi connectivity index (χ0v) is 10.5. The van der Waals surface area contributed by atoms with Crippen molar-refractivity contribution in [3.8, 4) is 0 Å². The van der Waals surface area contributed by atoms with E-state index in [0.717, 1.165) is 12.2 Å². The molecular formula is C13H18N2O2. The number of carbonyl (C=O) groups is 1. The Kier molecular flexibility index (Phi) is 5.36. The van der Waals surface area contributed by atoms with Crippen LogP contribution in [0.5, 0.6) is 0 Å². The van der Waals surface area contributed by atoms with E-state index in [4.69, 9.17) is 0 Å². The number of nitrogens with one attached hydrogen (secondary N) is 1. The Labute approximate surface area is 102 Å². The Morgan fingerprint density at radius 1 is 1.47 bits per heavy atom. The first kappa shape index (κ1) is 13.4. The van der Waals surface area contributed by atoms with Crippen molar-refractivity contribution in [2.75, 3.05) is 13.7 Å². The van der Waals surface area contributed by atoms with E-state index in [2.05, 4.69) is 35.0 Å². The van der Waals surface area contributed by atoms with Crippen LogP contribution in [0, 0.1) is 0 Å². The molecule has 0 aliphatic carbocycles. The molecule has 1 aromatic rings. The number of aromatic nitrogens is 1. The number of hydrogen-bond donors (Lipinski definition) is 1. The molecule has 0 saturated carbocycles. The highest BCUT2D eigenvalue weighted by Crippen LogP contribution is 2.01. The van der Waals surface area contributed by atoms with Crippen LogP contribution in [-0.2, 0) is 11.3 Å². The molecule has 0 bridgehead atoms. The van der Waals surface area contributed by atoms with Crippen molar-refractivity contribution < 1.29 is 9.53 Å². The molecular weight excluding hydrogens is 216 g/mol. The highest BCUT2D eigenvalue weighted by Gasteiger charge is 2.04. The van der Waals surface area contributed by atoms with E-state index in [1.54, 1.807) is 6.07 Å². The molecule has 0 amide bonds. The molecule has 92 valence electrons. The van der Waals surface area contributed by atoms with E-state index in [1.165, 1.54) is 18.9 Å². The van der Waals surface area contributed by atoms with Crippen LogP contribution in [0.25, 0.3) is 0 Å². The van der Waals surface area contributed by atoms with Crippen molar-refractivity contribution in [2.45, 2.75) is 20.4 Å². The molecule has 1 aromatic heterocycles. The van der Waals surface area contributed by atoms with Crippen molar-refractivity contribution >= 4 is 5.97 Å². The molecule has 0 atom stereocenters. The number of pyridine rings is 1. The maximum Gasteiger partial charge on any atom is 0.339 e. The summed E-state index contributed by atoms with van der Waals surface area (Å²) in [7, 11) is 1.36. The van der Waals surface area contributed by atoms with E-state index in [9.17, 15) is 4.79 Å². The van der Waals surface area contributed by atoms with Gasteiger partial charge in [0.15, 0.2) is 0 Å². The summed E-state index contributed by atoms with van der Waals surface area (Å²) in [5.74, 6) is -0.360. The fourth-order valence-electron chi connectivity index (χ4n) is 1.24. The van der Waals surface area contributed by atoms with Crippen LogP contribution in [-0.4, -0.2) is 24.6 Å². The molecule has 0 aromatic carbocycles. The smallest absolute Gasteiger partial charge is 0.339 e. The summed E-state index contributed by atoms with van der Waals surface area (Å²) in [5.41, 5.74) is 2.66. The SMILES string of the molecule is COC(=O)c1ccc(CNCC=C(C)C)nc1. The van der Waals surface area contributed by atoms with E-state index in [-0.39, 0.29) is 5.97 Å². The number of ether oxygens (including phenoxy) is 1. The molecule has 0 radical (unpaired) electrons. The first-order chi connectivity index (χ1) is 8.13. The number of nitrogens with zero attached hydrogens (tertiary/aromatic N) is 1. The first-order valence-electron chi connectivity index (χ1n) is 5.51. The van der Waals surface area contributed by atoms with Crippen molar-refractivity contribution in [1.29, 1.82) is 0 Å². The molecule has 0 saturated heterocycles. The summed E-state index contributed by atoms with van der Waals surface area (Å²) in [6, 6.07) is 3.54. The third-order valence-corrected chi connectivity index (χ3v) is 2.21. The van der Waals surface area contributed by atoms with Gasteiger partial charge in [0.1, 0.15) is 0 Å². The first-order valence-corrected chi connectivity index (χ1v) is 5.51. The van der Waals surface area contributed by atoms with Crippen molar-refractivity contribution in [2.24, 2.45) is 0 Å². The quantitative estimate of drug-likeness (QED) is 0.480. The molecule has 0 aliphatic rings. The van der Waals surface area contributed by atoms with E-state index >= 15 is 0 Å². The number of rotatable bonds is 5. The van der Waals surface area contributed by atoms with Gasteiger partial charge in [0.25, 0.3) is 0 Å². The van der Waals surface area contributed by atoms with Crippen LogP contribution in [0.15, 0.2) is 30.0 Å². The van der Waals surface area contributed by atoms with Gasteiger partial charge in [-0.15, -0.1) is 0 Å². The van der Waals surface area contributed by atoms with Crippen molar-refractivity contribution in [3.05, 3.63) is 41.2 Å². The zero-order valence-electron chi connectivity index (χ0n) is 10.5. The van der Waals surface area contributed by atoms with Crippen LogP contribution in [0.2, 0.25) is 0 Å². The Bertz CT molecular complexity index is 392. The van der Waals surface area contributed by atoms with Gasteiger partial charge >= 0.3 is 5.97 Å². The minimum absolute atomic E-state index is 0.360. The molecule has 17 heavy (non-hydrogen) atoms. The van der Waals surface area contributed by atoms with E-state index in [1.807, 2.05) is 6.07 Å². The maximum absolute atomic E-state index is 11.2. The Balaban J connectivity index is 2.46. The molecule has 4 heteroatoms. The lowest BCUT2D eigenvalue weighted by Gasteiger charge is -2.03. The van der Waals surface area contributed by atoms with Gasteiger partial charge < -0.3 is 10.1 Å². The fraction of sp³-hybridized carbons (Fsp3) is 0.385. The number of methoxy groups -OCH3 is 1. The summed E-state index contributed by atoms with van der Waals surface area (Å²) in [6.45, 7) is 5.63. The van der Waals surface area contributed by atoms with Crippen molar-refractivity contribution in [1.82, 2.24) is 10.3 Å². The molecule has 0 aliphatic heterocycles. The Morgan fingerprint density at radius 2 is 2.24 bits per heavy atom. The predicted molar refractivity (Wildman–Crippen MR) is 66.7 cm³/mol. The van der Waals surface area contributed by atoms with Crippen LogP contribution < -0.4 is 5.32 Å². The average molecular weight is 234 g/mol. The lowest BCUT2D eigenvalue weighted by atomic mass is 10.2. The largest absolute Gasteiger partial charge is 0.465 e. The molecule has 1 N–H and O–H groups in total. The summed E-state index contributed by atoms with van der Waals surface area (Å²) < 4.78 is 4.60. The minimum Gasteiger partial charge on any atom is -0.465 e. The van der Waals surface area contributed by atoms with Crippen LogP contribution >= 0.6 is 0 Å². The number of hydrogen-bond acceptors (Lipinski definition) is 4. The summed E-state index contributed by atoms with van der Waals surface area (Å²) in [4.78, 5) is 15.4. The highest BCUT2D eigenvalue weighted by molar-refractivity contribution is 5.88. The molecule has 0 spiro atoms. The fourth-order valence-corrected chi connectivity index (χ4v) is 1.24. The van der Waals surface area contributed by atoms with Gasteiger partial charge in [0.2, 0.25) is 0 Å². The monoisotopic (exact) mass is 234 g/mol. The Hall–Kier alpha value is -1.68. The third-order valence-electron chi connectivity index (χ3n) is 2.21. The third kappa shape index (κ3) is 4.78. The normalized spacial score (nSPS) is 9.82. The van der Waals surface area contributed by atoms with Gasteiger partial charge in [-0.05, 0) is 26.0 Å². The minimum atomic E-state index is -0.360. The molecule has 1 rings (SSSR count). The van der Waals surface area contributed by atoms with Crippen LogP contribution in [0.1, 0.15) is 29.9 Å². The van der Waals surface area contributed by atoms with Crippen molar-refractivity contribution in [3.63, 3.8) is 0 Å². The number of allylic oxidation sites excluding steroid dienone is 1. The highest BCUT2D eigenvalue weighted by atomic mass is 16.5. The van der Waals surface area contributed by atoms with Gasteiger partial charge in [-0.25, -0.2) is 4.79 Å². The maximum atomic E-state index is 11.2. The van der Waals surface area contributed by atoms with Gasteiger partial charge in [0, 0.05) is 19.3 Å². The summed E-state index contributed by atoms with van der Waals surface area (Å²) in [6.07, 6.45) is 3.65. The second-order valence-corrected chi connectivity index (χ2v) is 3.94. The average Bonchev–Trinajstić information content (AvgIpc) is 2.34. The molecule has 0 unspecified atom stereocenters. The van der Waals surface area contributed by atoms with E-state index < -0.39 is 0 Å². The number of esters is 1. The van der Waals surface area contributed by atoms with Gasteiger partial charge in [-0.3, -0.25) is 4.98 Å². The zero-order chi connectivity index (χ0) is 12.7. The Morgan fingerprint density at radius 3 is 2.76 bits per heavy atom. The second kappa shape index (κ2) is 6.81.